The van der Waals surface area contributed by atoms with E-state index in [1.807, 2.05) is 0 Å². The molecule has 92 valence electrons. The largest absolute Gasteiger partial charge is 0.504 e. The highest BCUT2D eigenvalue weighted by Gasteiger charge is 2.28. The molecule has 0 bridgehead atoms. The molecule has 0 aliphatic rings. The van der Waals surface area contributed by atoms with Gasteiger partial charge in [-0.05, 0) is 6.07 Å². The number of phenolic OH excluding ortho intramolecular Hbond substituents is 1. The average molecular weight is 356 g/mol. The first-order valence-electron chi connectivity index (χ1n) is 3.88. The first kappa shape index (κ1) is 13.2. The normalized spacial score (nSPS) is 10.4. The van der Waals surface area contributed by atoms with Gasteiger partial charge in [-0.2, -0.15) is 0 Å². The zero-order valence-corrected chi connectivity index (χ0v) is 10.0. The Labute approximate surface area is 100 Å². The number of benzene rings is 1. The lowest BCUT2D eigenvalue weighted by atomic mass is 10.1. The molecule has 1 rings (SSSR count). The summed E-state index contributed by atoms with van der Waals surface area (Å²) < 4.78 is 20.9. The summed E-state index contributed by atoms with van der Waals surface area (Å²) in [5.74, 6) is -5.75. The van der Waals surface area contributed by atoms with Crippen LogP contribution >= 0.6 is 19.8 Å². The van der Waals surface area contributed by atoms with Gasteiger partial charge in [0, 0.05) is 0 Å². The maximum absolute atomic E-state index is 10.9. The van der Waals surface area contributed by atoms with Crippen molar-refractivity contribution in [3.8, 4) is 11.5 Å². The standard InChI is InChI=1S/C8H5IO8/c10-3-1-2(7(12)13)5(9(16)17)4(6(3)11)8(14)15/h1,10-11H,(H,12,13)(H,14,15). The second kappa shape index (κ2) is 4.53. The minimum absolute atomic E-state index is 0.486. The fraction of sp³-hybridized carbons (Fsp3) is 0. The number of aromatic carboxylic acids is 2. The number of rotatable bonds is 3. The van der Waals surface area contributed by atoms with Crippen molar-refractivity contribution in [2.75, 3.05) is 0 Å². The Morgan fingerprint density at radius 3 is 1.94 bits per heavy atom. The monoisotopic (exact) mass is 356 g/mol. The Bertz CT molecular complexity index is 578. The van der Waals surface area contributed by atoms with Crippen molar-refractivity contribution in [3.63, 3.8) is 0 Å². The van der Waals surface area contributed by atoms with Gasteiger partial charge in [-0.1, -0.05) is 0 Å². The summed E-state index contributed by atoms with van der Waals surface area (Å²) in [6.07, 6.45) is 0. The van der Waals surface area contributed by atoms with Crippen LogP contribution < -0.4 is 0 Å². The van der Waals surface area contributed by atoms with Crippen LogP contribution in [0.15, 0.2) is 6.07 Å². The van der Waals surface area contributed by atoms with E-state index in [2.05, 4.69) is 0 Å². The van der Waals surface area contributed by atoms with Crippen molar-refractivity contribution in [2.24, 2.45) is 0 Å². The van der Waals surface area contributed by atoms with E-state index >= 15 is 0 Å². The van der Waals surface area contributed by atoms with Gasteiger partial charge >= 0.3 is 31.7 Å². The van der Waals surface area contributed by atoms with E-state index in [9.17, 15) is 20.8 Å². The van der Waals surface area contributed by atoms with E-state index in [-0.39, 0.29) is 0 Å². The molecule has 0 saturated heterocycles. The van der Waals surface area contributed by atoms with Crippen LogP contribution in [-0.4, -0.2) is 32.4 Å². The first-order valence-corrected chi connectivity index (χ1v) is 6.72. The smallest absolute Gasteiger partial charge is 0.342 e. The van der Waals surface area contributed by atoms with Gasteiger partial charge in [0.15, 0.2) is 11.5 Å². The molecule has 0 aliphatic carbocycles. The summed E-state index contributed by atoms with van der Waals surface area (Å²) in [4.78, 5) is 21.5. The van der Waals surface area contributed by atoms with Crippen LogP contribution in [0.3, 0.4) is 0 Å². The summed E-state index contributed by atoms with van der Waals surface area (Å²) in [5, 5.41) is 35.8. The minimum atomic E-state index is -4.48. The van der Waals surface area contributed by atoms with Crippen LogP contribution in [0.4, 0.5) is 0 Å². The maximum atomic E-state index is 10.9. The molecule has 8 nitrogen and oxygen atoms in total. The predicted octanol–water partition coefficient (Wildman–Crippen LogP) is 0.861. The molecule has 0 radical (unpaired) electrons. The number of carboxylic acid groups (broad SMARTS) is 2. The quantitative estimate of drug-likeness (QED) is 0.460. The van der Waals surface area contributed by atoms with E-state index in [4.69, 9.17) is 15.3 Å². The summed E-state index contributed by atoms with van der Waals surface area (Å²) in [6, 6.07) is 0.486. The summed E-state index contributed by atoms with van der Waals surface area (Å²) in [5.41, 5.74) is -2.01. The van der Waals surface area contributed by atoms with Gasteiger partial charge < -0.3 is 20.4 Å². The maximum Gasteiger partial charge on any atom is 0.342 e. The number of halogens is 1. The van der Waals surface area contributed by atoms with Crippen molar-refractivity contribution in [2.45, 2.75) is 0 Å². The van der Waals surface area contributed by atoms with E-state index in [1.54, 1.807) is 0 Å². The highest BCUT2D eigenvalue weighted by atomic mass is 127. The zero-order valence-electron chi connectivity index (χ0n) is 7.88. The molecule has 1 aromatic carbocycles. The number of phenols is 2. The molecule has 4 N–H and O–H groups in total. The Morgan fingerprint density at radius 1 is 1.06 bits per heavy atom. The number of carboxylic acids is 2. The van der Waals surface area contributed by atoms with Crippen molar-refractivity contribution in [1.29, 1.82) is 0 Å². The third-order valence-electron chi connectivity index (χ3n) is 1.82. The topological polar surface area (TPSA) is 149 Å². The van der Waals surface area contributed by atoms with Crippen LogP contribution in [0, 0.1) is 3.57 Å². The Hall–Kier alpha value is -1.91. The number of carbonyl (C=O) groups is 2. The molecule has 0 fully saturated rings. The Morgan fingerprint density at radius 2 is 1.59 bits per heavy atom. The fourth-order valence-electron chi connectivity index (χ4n) is 1.15. The summed E-state index contributed by atoms with van der Waals surface area (Å²) in [6.45, 7) is 0. The zero-order chi connectivity index (χ0) is 13.3. The van der Waals surface area contributed by atoms with Crippen LogP contribution in [0.5, 0.6) is 11.5 Å². The van der Waals surface area contributed by atoms with Gasteiger partial charge in [-0.3, -0.25) is 0 Å². The number of hydrogen-bond donors (Lipinski definition) is 4. The minimum Gasteiger partial charge on any atom is -0.504 e. The highest BCUT2D eigenvalue weighted by Crippen LogP contribution is 2.38. The van der Waals surface area contributed by atoms with Crippen molar-refractivity contribution >= 4 is 31.7 Å². The van der Waals surface area contributed by atoms with Crippen LogP contribution in [0.2, 0.25) is 0 Å². The van der Waals surface area contributed by atoms with Crippen LogP contribution in [0.25, 0.3) is 0 Å². The Kier molecular flexibility index (Phi) is 3.50. The van der Waals surface area contributed by atoms with E-state index < -0.39 is 57.9 Å². The second-order valence-corrected chi connectivity index (χ2v) is 5.13. The van der Waals surface area contributed by atoms with Crippen molar-refractivity contribution in [3.05, 3.63) is 20.8 Å². The van der Waals surface area contributed by atoms with Gasteiger partial charge in [0.05, 0.1) is 5.56 Å². The summed E-state index contributed by atoms with van der Waals surface area (Å²) >= 11 is -4.48. The molecule has 0 heterocycles. The molecule has 0 saturated carbocycles. The first-order chi connectivity index (χ1) is 7.77. The summed E-state index contributed by atoms with van der Waals surface area (Å²) in [7, 11) is 0. The molecule has 0 unspecified atom stereocenters. The van der Waals surface area contributed by atoms with E-state index in [0.29, 0.717) is 6.07 Å². The molecular formula is C8H5IO8. The van der Waals surface area contributed by atoms with Gasteiger partial charge in [0.1, 0.15) is 9.13 Å². The van der Waals surface area contributed by atoms with Gasteiger partial charge in [-0.25, -0.2) is 15.7 Å². The van der Waals surface area contributed by atoms with E-state index in [1.165, 1.54) is 0 Å². The molecular weight excluding hydrogens is 351 g/mol. The second-order valence-electron chi connectivity index (χ2n) is 2.81. The van der Waals surface area contributed by atoms with Crippen molar-refractivity contribution in [1.82, 2.24) is 0 Å². The lowest BCUT2D eigenvalue weighted by Gasteiger charge is -2.07. The molecule has 9 heteroatoms. The van der Waals surface area contributed by atoms with Crippen molar-refractivity contribution < 1.29 is 36.2 Å². The molecule has 17 heavy (non-hydrogen) atoms. The van der Waals surface area contributed by atoms with Crippen LogP contribution in [0.1, 0.15) is 20.7 Å². The van der Waals surface area contributed by atoms with Crippen LogP contribution in [-0.2, 0) is 6.14 Å². The van der Waals surface area contributed by atoms with E-state index in [0.717, 1.165) is 0 Å². The molecule has 0 atom stereocenters. The number of aromatic hydroxyl groups is 2. The molecule has 0 aliphatic heterocycles. The van der Waals surface area contributed by atoms with Gasteiger partial charge in [0.25, 0.3) is 0 Å². The molecule has 0 amide bonds. The molecule has 0 spiro atoms. The SMILES string of the molecule is O=C(O)c1cc(O)c(O)c(C(=O)O)c1I(=O)=O. The third-order valence-corrected chi connectivity index (χ3v) is 3.82. The highest BCUT2D eigenvalue weighted by molar-refractivity contribution is 14.2. The molecule has 1 aromatic rings. The number of hydrogen-bond acceptors (Lipinski definition) is 6. The average Bonchev–Trinajstić information content (AvgIpc) is 2.19. The fourth-order valence-corrected chi connectivity index (χ4v) is 2.93. The third kappa shape index (κ3) is 2.27. The van der Waals surface area contributed by atoms with Gasteiger partial charge in [-0.15, -0.1) is 0 Å². The Balaban J connectivity index is 3.90. The molecule has 0 aromatic heterocycles. The predicted molar refractivity (Wildman–Crippen MR) is 57.8 cm³/mol. The lowest BCUT2D eigenvalue weighted by Crippen LogP contribution is -2.08. The lowest BCUT2D eigenvalue weighted by molar-refractivity contribution is 0.0691. The van der Waals surface area contributed by atoms with Gasteiger partial charge in [0.2, 0.25) is 0 Å².